The molecule has 1 aliphatic rings. The predicted octanol–water partition coefficient (Wildman–Crippen LogP) is 1.72. The van der Waals surface area contributed by atoms with Crippen LogP contribution in [-0.4, -0.2) is 36.1 Å². The fourth-order valence-corrected chi connectivity index (χ4v) is 3.10. The summed E-state index contributed by atoms with van der Waals surface area (Å²) in [5.74, 6) is -1.14. The summed E-state index contributed by atoms with van der Waals surface area (Å²) in [6.07, 6.45) is 3.05. The molecular formula is C15H15F2N3O2S. The molecule has 0 bridgehead atoms. The summed E-state index contributed by atoms with van der Waals surface area (Å²) >= 11 is 0. The van der Waals surface area contributed by atoms with Gasteiger partial charge in [-0.3, -0.25) is 4.90 Å². The molecule has 0 N–H and O–H groups in total. The lowest BCUT2D eigenvalue weighted by atomic mass is 10.1. The third-order valence-corrected chi connectivity index (χ3v) is 4.63. The van der Waals surface area contributed by atoms with Crippen molar-refractivity contribution in [1.82, 2.24) is 14.9 Å². The Hall–Kier alpha value is -1.93. The highest BCUT2D eigenvalue weighted by Crippen LogP contribution is 2.21. The third-order valence-electron chi connectivity index (χ3n) is 3.77. The molecule has 0 unspecified atom stereocenters. The van der Waals surface area contributed by atoms with Gasteiger partial charge in [-0.1, -0.05) is 6.07 Å². The van der Waals surface area contributed by atoms with Crippen molar-refractivity contribution in [3.05, 3.63) is 52.9 Å². The molecule has 0 spiro atoms. The van der Waals surface area contributed by atoms with Gasteiger partial charge < -0.3 is 0 Å². The molecule has 0 radical (unpaired) electrons. The first kappa shape index (κ1) is 15.9. The van der Waals surface area contributed by atoms with E-state index in [1.54, 1.807) is 0 Å². The summed E-state index contributed by atoms with van der Waals surface area (Å²) in [5, 5.41) is -0.190. The van der Waals surface area contributed by atoms with Gasteiger partial charge in [0.1, 0.15) is 11.6 Å². The summed E-state index contributed by atoms with van der Waals surface area (Å²) in [4.78, 5) is 9.84. The number of hydrogen-bond acceptors (Lipinski definition) is 5. The van der Waals surface area contributed by atoms with Gasteiger partial charge in [0.15, 0.2) is 0 Å². The molecule has 23 heavy (non-hydrogen) atoms. The number of fused-ring (bicyclic) bond motifs is 1. The molecular weight excluding hydrogens is 324 g/mol. The molecule has 1 aliphatic heterocycles. The van der Waals surface area contributed by atoms with Gasteiger partial charge in [0.25, 0.3) is 0 Å². The number of halogens is 2. The van der Waals surface area contributed by atoms with Crippen molar-refractivity contribution < 1.29 is 17.2 Å². The van der Waals surface area contributed by atoms with E-state index in [-0.39, 0.29) is 17.3 Å². The van der Waals surface area contributed by atoms with E-state index in [1.807, 2.05) is 4.90 Å². The second kappa shape index (κ2) is 5.93. The molecule has 1 aromatic heterocycles. The van der Waals surface area contributed by atoms with Crippen LogP contribution in [-0.2, 0) is 29.3 Å². The molecule has 2 aromatic rings. The highest BCUT2D eigenvalue weighted by Gasteiger charge is 2.22. The number of nitrogens with zero attached hydrogens (tertiary/aromatic N) is 3. The summed E-state index contributed by atoms with van der Waals surface area (Å²) in [6, 6.07) is 3.80. The number of benzene rings is 1. The first-order valence-electron chi connectivity index (χ1n) is 7.04. The monoisotopic (exact) mass is 339 g/mol. The normalized spacial score (nSPS) is 15.4. The minimum Gasteiger partial charge on any atom is -0.294 e. The second-order valence-corrected chi connectivity index (χ2v) is 7.47. The average molecular weight is 339 g/mol. The minimum atomic E-state index is -3.44. The maximum atomic E-state index is 13.7. The SMILES string of the molecule is CS(=O)(=O)c1ncc2c(n1)CCN(Cc1c(F)cccc1F)C2. The molecule has 8 heteroatoms. The van der Waals surface area contributed by atoms with E-state index in [4.69, 9.17) is 0 Å². The molecule has 122 valence electrons. The molecule has 0 amide bonds. The molecule has 0 atom stereocenters. The Kier molecular flexibility index (Phi) is 4.11. The molecule has 0 fully saturated rings. The molecule has 0 saturated carbocycles. The van der Waals surface area contributed by atoms with Gasteiger partial charge in [0.2, 0.25) is 15.0 Å². The fourth-order valence-electron chi connectivity index (χ4n) is 2.58. The Morgan fingerprint density at radius 3 is 2.61 bits per heavy atom. The quantitative estimate of drug-likeness (QED) is 0.797. The summed E-state index contributed by atoms with van der Waals surface area (Å²) in [6.45, 7) is 1.11. The van der Waals surface area contributed by atoms with Gasteiger partial charge in [0, 0.05) is 49.6 Å². The van der Waals surface area contributed by atoms with Gasteiger partial charge in [-0.15, -0.1) is 0 Å². The smallest absolute Gasteiger partial charge is 0.246 e. The fraction of sp³-hybridized carbons (Fsp3) is 0.333. The van der Waals surface area contributed by atoms with Crippen LogP contribution in [0.5, 0.6) is 0 Å². The van der Waals surface area contributed by atoms with Crippen molar-refractivity contribution in [2.24, 2.45) is 0 Å². The van der Waals surface area contributed by atoms with Crippen LogP contribution in [0, 0.1) is 11.6 Å². The van der Waals surface area contributed by atoms with Gasteiger partial charge >= 0.3 is 0 Å². The lowest BCUT2D eigenvalue weighted by molar-refractivity contribution is 0.235. The molecule has 1 aromatic carbocycles. The summed E-state index contributed by atoms with van der Waals surface area (Å²) < 4.78 is 50.4. The maximum Gasteiger partial charge on any atom is 0.246 e. The summed E-state index contributed by atoms with van der Waals surface area (Å²) in [5.41, 5.74) is 1.48. The largest absolute Gasteiger partial charge is 0.294 e. The van der Waals surface area contributed by atoms with E-state index in [0.29, 0.717) is 25.2 Å². The van der Waals surface area contributed by atoms with E-state index < -0.39 is 21.5 Å². The van der Waals surface area contributed by atoms with Crippen LogP contribution in [0.15, 0.2) is 29.6 Å². The first-order valence-corrected chi connectivity index (χ1v) is 8.94. The first-order chi connectivity index (χ1) is 10.8. The van der Waals surface area contributed by atoms with Gasteiger partial charge in [-0.2, -0.15) is 0 Å². The van der Waals surface area contributed by atoms with Crippen molar-refractivity contribution in [3.63, 3.8) is 0 Å². The molecule has 0 aliphatic carbocycles. The van der Waals surface area contributed by atoms with Crippen LogP contribution in [0.25, 0.3) is 0 Å². The molecule has 3 rings (SSSR count). The van der Waals surface area contributed by atoms with E-state index in [1.165, 1.54) is 24.4 Å². The lowest BCUT2D eigenvalue weighted by Crippen LogP contribution is -2.32. The van der Waals surface area contributed by atoms with E-state index in [0.717, 1.165) is 11.8 Å². The van der Waals surface area contributed by atoms with Crippen LogP contribution >= 0.6 is 0 Å². The van der Waals surface area contributed by atoms with Crippen LogP contribution in [0.3, 0.4) is 0 Å². The minimum absolute atomic E-state index is 0.0321. The predicted molar refractivity (Wildman–Crippen MR) is 79.3 cm³/mol. The molecule has 2 heterocycles. The van der Waals surface area contributed by atoms with Crippen LogP contribution in [0.2, 0.25) is 0 Å². The number of rotatable bonds is 3. The van der Waals surface area contributed by atoms with E-state index >= 15 is 0 Å². The lowest BCUT2D eigenvalue weighted by Gasteiger charge is -2.28. The zero-order valence-electron chi connectivity index (χ0n) is 12.5. The Morgan fingerprint density at radius 1 is 1.26 bits per heavy atom. The Morgan fingerprint density at radius 2 is 1.96 bits per heavy atom. The van der Waals surface area contributed by atoms with Crippen LogP contribution in [0.1, 0.15) is 16.8 Å². The highest BCUT2D eigenvalue weighted by molar-refractivity contribution is 7.90. The van der Waals surface area contributed by atoms with Crippen molar-refractivity contribution in [2.75, 3.05) is 12.8 Å². The maximum absolute atomic E-state index is 13.7. The number of sulfone groups is 1. The van der Waals surface area contributed by atoms with Gasteiger partial charge in [0.05, 0.1) is 5.69 Å². The topological polar surface area (TPSA) is 63.2 Å². The third kappa shape index (κ3) is 3.37. The standard InChI is InChI=1S/C15H15F2N3O2S/c1-23(21,22)15-18-7-10-8-20(6-5-14(10)19-15)9-11-12(16)3-2-4-13(11)17/h2-4,7H,5-6,8-9H2,1H3. The van der Waals surface area contributed by atoms with Crippen LogP contribution in [0.4, 0.5) is 8.78 Å². The zero-order valence-corrected chi connectivity index (χ0v) is 13.3. The Balaban J connectivity index is 1.81. The Labute approximate surface area is 132 Å². The van der Waals surface area contributed by atoms with Gasteiger partial charge in [-0.25, -0.2) is 27.2 Å². The van der Waals surface area contributed by atoms with E-state index in [2.05, 4.69) is 9.97 Å². The summed E-state index contributed by atoms with van der Waals surface area (Å²) in [7, 11) is -3.44. The average Bonchev–Trinajstić information content (AvgIpc) is 2.49. The molecule has 5 nitrogen and oxygen atoms in total. The zero-order chi connectivity index (χ0) is 16.6. The highest BCUT2D eigenvalue weighted by atomic mass is 32.2. The van der Waals surface area contributed by atoms with Gasteiger partial charge in [-0.05, 0) is 12.1 Å². The van der Waals surface area contributed by atoms with Crippen molar-refractivity contribution in [3.8, 4) is 0 Å². The number of hydrogen-bond donors (Lipinski definition) is 0. The second-order valence-electron chi connectivity index (χ2n) is 5.56. The Bertz CT molecular complexity index is 836. The number of aromatic nitrogens is 2. The van der Waals surface area contributed by atoms with Crippen molar-refractivity contribution in [1.29, 1.82) is 0 Å². The van der Waals surface area contributed by atoms with Crippen LogP contribution < -0.4 is 0 Å². The molecule has 0 saturated heterocycles. The van der Waals surface area contributed by atoms with Crippen molar-refractivity contribution in [2.45, 2.75) is 24.7 Å². The van der Waals surface area contributed by atoms with E-state index in [9.17, 15) is 17.2 Å². The van der Waals surface area contributed by atoms with Crippen molar-refractivity contribution >= 4 is 9.84 Å².